The summed E-state index contributed by atoms with van der Waals surface area (Å²) in [6.45, 7) is 2.03. The van der Waals surface area contributed by atoms with Crippen LogP contribution in [0, 0.1) is 11.8 Å². The summed E-state index contributed by atoms with van der Waals surface area (Å²) >= 11 is 0. The molecule has 2 N–H and O–H groups in total. The lowest BCUT2D eigenvalue weighted by Crippen LogP contribution is -2.54. The van der Waals surface area contributed by atoms with Gasteiger partial charge in [0.05, 0.1) is 13.2 Å². The highest BCUT2D eigenvalue weighted by molar-refractivity contribution is 5.82. The van der Waals surface area contributed by atoms with E-state index in [1.165, 1.54) is 25.7 Å². The fourth-order valence-electron chi connectivity index (χ4n) is 2.53. The predicted molar refractivity (Wildman–Crippen MR) is 60.0 cm³/mol. The van der Waals surface area contributed by atoms with E-state index in [0.717, 1.165) is 25.0 Å². The summed E-state index contributed by atoms with van der Waals surface area (Å²) in [7, 11) is 0. The maximum atomic E-state index is 12.0. The Labute approximate surface area is 96.1 Å². The standard InChI is InChI=1S/C12H20N2O2/c15-12(10-7-16-6-5-13-10)14-11(8-1-2-8)9-3-4-9/h8-11,13H,1-7H2,(H,14,15). The van der Waals surface area contributed by atoms with Crippen LogP contribution in [0.3, 0.4) is 0 Å². The minimum Gasteiger partial charge on any atom is -0.378 e. The number of ether oxygens (including phenoxy) is 1. The second kappa shape index (κ2) is 4.34. The summed E-state index contributed by atoms with van der Waals surface area (Å²) in [5.41, 5.74) is 0. The van der Waals surface area contributed by atoms with E-state index >= 15 is 0 Å². The molecule has 1 atom stereocenters. The van der Waals surface area contributed by atoms with Crippen LogP contribution >= 0.6 is 0 Å². The van der Waals surface area contributed by atoms with Crippen molar-refractivity contribution in [1.29, 1.82) is 0 Å². The zero-order valence-corrected chi connectivity index (χ0v) is 9.58. The molecular weight excluding hydrogens is 204 g/mol. The average Bonchev–Trinajstić information content (AvgIpc) is 3.19. The molecule has 0 bridgehead atoms. The normalized spacial score (nSPS) is 30.4. The third-order valence-corrected chi connectivity index (χ3v) is 3.81. The van der Waals surface area contributed by atoms with Gasteiger partial charge in [0.25, 0.3) is 0 Å². The van der Waals surface area contributed by atoms with E-state index in [9.17, 15) is 4.79 Å². The van der Waals surface area contributed by atoms with Gasteiger partial charge < -0.3 is 15.4 Å². The maximum absolute atomic E-state index is 12.0. The van der Waals surface area contributed by atoms with Crippen molar-refractivity contribution in [2.75, 3.05) is 19.8 Å². The number of amides is 1. The smallest absolute Gasteiger partial charge is 0.239 e. The van der Waals surface area contributed by atoms with Crippen LogP contribution < -0.4 is 10.6 Å². The van der Waals surface area contributed by atoms with E-state index in [4.69, 9.17) is 4.74 Å². The lowest BCUT2D eigenvalue weighted by Gasteiger charge is -2.26. The Bertz CT molecular complexity index is 256. The van der Waals surface area contributed by atoms with Gasteiger partial charge in [0.15, 0.2) is 0 Å². The van der Waals surface area contributed by atoms with Crippen molar-refractivity contribution < 1.29 is 9.53 Å². The molecule has 0 radical (unpaired) electrons. The fourth-order valence-corrected chi connectivity index (χ4v) is 2.53. The van der Waals surface area contributed by atoms with Gasteiger partial charge in [-0.05, 0) is 37.5 Å². The van der Waals surface area contributed by atoms with E-state index in [2.05, 4.69) is 10.6 Å². The quantitative estimate of drug-likeness (QED) is 0.721. The average molecular weight is 224 g/mol. The molecule has 1 aliphatic heterocycles. The Morgan fingerprint density at radius 2 is 1.94 bits per heavy atom. The Hall–Kier alpha value is -0.610. The number of carbonyl (C=O) groups excluding carboxylic acids is 1. The monoisotopic (exact) mass is 224 g/mol. The molecule has 90 valence electrons. The highest BCUT2D eigenvalue weighted by Crippen LogP contribution is 2.44. The summed E-state index contributed by atoms with van der Waals surface area (Å²) in [4.78, 5) is 12.0. The summed E-state index contributed by atoms with van der Waals surface area (Å²) in [6.07, 6.45) is 5.21. The first-order valence-corrected chi connectivity index (χ1v) is 6.46. The molecule has 1 unspecified atom stereocenters. The fraction of sp³-hybridized carbons (Fsp3) is 0.917. The molecule has 0 aromatic carbocycles. The predicted octanol–water partition coefficient (Wildman–Crippen LogP) is 0.280. The van der Waals surface area contributed by atoms with Crippen molar-refractivity contribution in [1.82, 2.24) is 10.6 Å². The zero-order chi connectivity index (χ0) is 11.0. The molecule has 0 aromatic heterocycles. The minimum atomic E-state index is -0.131. The van der Waals surface area contributed by atoms with Gasteiger partial charge in [-0.15, -0.1) is 0 Å². The molecule has 3 rings (SSSR count). The molecule has 16 heavy (non-hydrogen) atoms. The van der Waals surface area contributed by atoms with E-state index in [0.29, 0.717) is 12.6 Å². The number of nitrogens with one attached hydrogen (secondary N) is 2. The molecule has 1 amide bonds. The number of carbonyl (C=O) groups is 1. The zero-order valence-electron chi connectivity index (χ0n) is 9.58. The molecule has 4 nitrogen and oxygen atoms in total. The molecule has 2 saturated carbocycles. The van der Waals surface area contributed by atoms with Gasteiger partial charge in [0, 0.05) is 12.6 Å². The lowest BCUT2D eigenvalue weighted by atomic mass is 10.1. The third kappa shape index (κ3) is 2.38. The van der Waals surface area contributed by atoms with Gasteiger partial charge in [-0.25, -0.2) is 0 Å². The lowest BCUT2D eigenvalue weighted by molar-refractivity contribution is -0.126. The van der Waals surface area contributed by atoms with E-state index < -0.39 is 0 Å². The summed E-state index contributed by atoms with van der Waals surface area (Å²) in [6, 6.07) is 0.324. The molecule has 0 spiro atoms. The Morgan fingerprint density at radius 3 is 2.44 bits per heavy atom. The van der Waals surface area contributed by atoms with Gasteiger partial charge in [-0.2, -0.15) is 0 Å². The minimum absolute atomic E-state index is 0.131. The molecule has 3 aliphatic rings. The molecule has 1 heterocycles. The van der Waals surface area contributed by atoms with Crippen molar-refractivity contribution in [2.45, 2.75) is 37.8 Å². The third-order valence-electron chi connectivity index (χ3n) is 3.81. The van der Waals surface area contributed by atoms with Crippen LogP contribution in [0.15, 0.2) is 0 Å². The molecule has 3 fully saturated rings. The highest BCUT2D eigenvalue weighted by atomic mass is 16.5. The van der Waals surface area contributed by atoms with Crippen LogP contribution in [0.5, 0.6) is 0 Å². The van der Waals surface area contributed by atoms with Gasteiger partial charge >= 0.3 is 0 Å². The number of rotatable bonds is 4. The van der Waals surface area contributed by atoms with Gasteiger partial charge in [0.2, 0.25) is 5.91 Å². The molecule has 2 aliphatic carbocycles. The largest absolute Gasteiger partial charge is 0.378 e. The maximum Gasteiger partial charge on any atom is 0.239 e. The van der Waals surface area contributed by atoms with Crippen molar-refractivity contribution in [2.24, 2.45) is 11.8 Å². The van der Waals surface area contributed by atoms with Gasteiger partial charge in [-0.1, -0.05) is 0 Å². The van der Waals surface area contributed by atoms with Crippen molar-refractivity contribution in [3.63, 3.8) is 0 Å². The first-order valence-electron chi connectivity index (χ1n) is 6.46. The molecular formula is C12H20N2O2. The first-order chi connectivity index (χ1) is 7.84. The topological polar surface area (TPSA) is 50.4 Å². The molecule has 0 aromatic rings. The second-order valence-corrected chi connectivity index (χ2v) is 5.29. The SMILES string of the molecule is O=C(NC(C1CC1)C1CC1)C1COCCN1. The van der Waals surface area contributed by atoms with Crippen molar-refractivity contribution >= 4 is 5.91 Å². The van der Waals surface area contributed by atoms with E-state index in [-0.39, 0.29) is 11.9 Å². The van der Waals surface area contributed by atoms with Crippen LogP contribution in [-0.4, -0.2) is 37.7 Å². The van der Waals surface area contributed by atoms with Crippen LogP contribution in [0.4, 0.5) is 0 Å². The summed E-state index contributed by atoms with van der Waals surface area (Å²) < 4.78 is 5.31. The number of hydrogen-bond acceptors (Lipinski definition) is 3. The Morgan fingerprint density at radius 1 is 1.25 bits per heavy atom. The number of hydrogen-bond donors (Lipinski definition) is 2. The summed E-state index contributed by atoms with van der Waals surface area (Å²) in [5, 5.41) is 6.44. The van der Waals surface area contributed by atoms with Crippen LogP contribution in [0.25, 0.3) is 0 Å². The highest BCUT2D eigenvalue weighted by Gasteiger charge is 2.42. The number of morpholine rings is 1. The van der Waals surface area contributed by atoms with E-state index in [1.54, 1.807) is 0 Å². The van der Waals surface area contributed by atoms with Crippen LogP contribution in [0.1, 0.15) is 25.7 Å². The Kier molecular flexibility index (Phi) is 2.86. The molecule has 1 saturated heterocycles. The van der Waals surface area contributed by atoms with Gasteiger partial charge in [0.1, 0.15) is 6.04 Å². The molecule has 4 heteroatoms. The van der Waals surface area contributed by atoms with Crippen molar-refractivity contribution in [3.05, 3.63) is 0 Å². The van der Waals surface area contributed by atoms with Crippen molar-refractivity contribution in [3.8, 4) is 0 Å². The first kappa shape index (κ1) is 10.5. The van der Waals surface area contributed by atoms with Gasteiger partial charge in [-0.3, -0.25) is 4.79 Å². The van der Waals surface area contributed by atoms with Crippen LogP contribution in [-0.2, 0) is 9.53 Å². The summed E-state index contributed by atoms with van der Waals surface area (Å²) in [5.74, 6) is 1.67. The van der Waals surface area contributed by atoms with Crippen LogP contribution in [0.2, 0.25) is 0 Å². The second-order valence-electron chi connectivity index (χ2n) is 5.29. The van der Waals surface area contributed by atoms with E-state index in [1.807, 2.05) is 0 Å². The Balaban J connectivity index is 1.53.